The maximum atomic E-state index is 12.9. The van der Waals surface area contributed by atoms with Crippen molar-refractivity contribution in [1.29, 1.82) is 0 Å². The molecule has 1 saturated heterocycles. The van der Waals surface area contributed by atoms with E-state index in [1.54, 1.807) is 12.1 Å². The molecule has 5 nitrogen and oxygen atoms in total. The van der Waals surface area contributed by atoms with E-state index in [2.05, 4.69) is 4.72 Å². The van der Waals surface area contributed by atoms with E-state index in [9.17, 15) is 17.9 Å². The molecular formula is C16H23FN2O3S. The van der Waals surface area contributed by atoms with E-state index in [4.69, 9.17) is 0 Å². The lowest BCUT2D eigenvalue weighted by molar-refractivity contribution is 0.0804. The van der Waals surface area contributed by atoms with E-state index >= 15 is 0 Å². The molecule has 0 radical (unpaired) electrons. The fourth-order valence-corrected chi connectivity index (χ4v) is 4.98. The molecule has 1 heterocycles. The minimum atomic E-state index is -3.27. The number of nitrogens with zero attached hydrogens (tertiary/aromatic N) is 1. The monoisotopic (exact) mass is 342 g/mol. The Balaban J connectivity index is 1.47. The summed E-state index contributed by atoms with van der Waals surface area (Å²) in [6, 6.07) is 5.82. The van der Waals surface area contributed by atoms with Gasteiger partial charge in [0, 0.05) is 25.7 Å². The Labute approximate surface area is 136 Å². The Hall–Kier alpha value is -1.02. The molecule has 2 aliphatic rings. The Morgan fingerprint density at radius 3 is 2.43 bits per heavy atom. The molecule has 1 saturated carbocycles. The van der Waals surface area contributed by atoms with Crippen molar-refractivity contribution in [3.05, 3.63) is 35.6 Å². The van der Waals surface area contributed by atoms with Crippen LogP contribution < -0.4 is 4.72 Å². The molecule has 1 unspecified atom stereocenters. The highest BCUT2D eigenvalue weighted by molar-refractivity contribution is 7.90. The molecule has 0 spiro atoms. The minimum Gasteiger partial charge on any atom is -0.387 e. The van der Waals surface area contributed by atoms with Gasteiger partial charge in [-0.05, 0) is 30.5 Å². The van der Waals surface area contributed by atoms with Crippen LogP contribution in [-0.4, -0.2) is 49.4 Å². The number of hydrogen-bond acceptors (Lipinski definition) is 4. The number of halogens is 1. The van der Waals surface area contributed by atoms with Gasteiger partial charge in [-0.3, -0.25) is 4.90 Å². The van der Waals surface area contributed by atoms with Gasteiger partial charge in [0.05, 0.1) is 6.10 Å². The fraction of sp³-hybridized carbons (Fsp3) is 0.625. The number of hydrogen-bond donors (Lipinski definition) is 2. The summed E-state index contributed by atoms with van der Waals surface area (Å²) in [7, 11) is -3.27. The molecule has 1 aliphatic heterocycles. The Bertz CT molecular complexity index is 623. The summed E-state index contributed by atoms with van der Waals surface area (Å²) in [4.78, 5) is 1.91. The number of aliphatic hydroxyl groups is 1. The van der Waals surface area contributed by atoms with E-state index < -0.39 is 21.4 Å². The number of β-amino-alcohol motifs (C(OH)–C–C–N with tert-alkyl or cyclic N) is 1. The zero-order valence-corrected chi connectivity index (χ0v) is 13.8. The molecule has 1 aromatic carbocycles. The Morgan fingerprint density at radius 2 is 1.83 bits per heavy atom. The largest absolute Gasteiger partial charge is 0.387 e. The lowest BCUT2D eigenvalue weighted by atomic mass is 10.1. The lowest BCUT2D eigenvalue weighted by Gasteiger charge is -2.40. The van der Waals surface area contributed by atoms with Crippen molar-refractivity contribution in [1.82, 2.24) is 9.62 Å². The number of benzene rings is 1. The molecule has 0 bridgehead atoms. The summed E-state index contributed by atoms with van der Waals surface area (Å²) in [6.07, 6.45) is 3.31. The van der Waals surface area contributed by atoms with E-state index in [-0.39, 0.29) is 11.9 Å². The normalized spacial score (nSPS) is 22.2. The third-order valence-corrected chi connectivity index (χ3v) is 6.57. The van der Waals surface area contributed by atoms with Crippen LogP contribution in [0.1, 0.15) is 37.4 Å². The first-order valence-corrected chi connectivity index (χ1v) is 9.66. The van der Waals surface area contributed by atoms with Gasteiger partial charge < -0.3 is 5.11 Å². The lowest BCUT2D eigenvalue weighted by Crippen LogP contribution is -2.59. The van der Waals surface area contributed by atoms with Crippen LogP contribution in [0.4, 0.5) is 4.39 Å². The number of rotatable bonds is 6. The van der Waals surface area contributed by atoms with Gasteiger partial charge in [0.15, 0.2) is 0 Å². The maximum Gasteiger partial charge on any atom is 0.217 e. The number of likely N-dealkylation sites (tertiary alicyclic amines) is 1. The molecule has 23 heavy (non-hydrogen) atoms. The fourth-order valence-electron chi connectivity index (χ4n) is 3.27. The third kappa shape index (κ3) is 4.09. The molecule has 7 heteroatoms. The van der Waals surface area contributed by atoms with Crippen LogP contribution in [0.2, 0.25) is 0 Å². The van der Waals surface area contributed by atoms with Crippen molar-refractivity contribution in [3.8, 4) is 0 Å². The molecule has 0 aromatic heterocycles. The number of aliphatic hydroxyl groups excluding tert-OH is 1. The number of sulfonamides is 1. The standard InChI is InChI=1S/C16H23FN2O3S/c17-13-7-5-12(6-8-13)16(20)11-19-9-15(10-19)23(21,22)18-14-3-1-2-4-14/h5-8,14-16,18,20H,1-4,9-11H2. The molecular weight excluding hydrogens is 319 g/mol. The SMILES string of the molecule is O=S(=O)(NC1CCCC1)C1CN(CC(O)c2ccc(F)cc2)C1. The highest BCUT2D eigenvalue weighted by atomic mass is 32.2. The quantitative estimate of drug-likeness (QED) is 0.820. The van der Waals surface area contributed by atoms with Crippen molar-refractivity contribution >= 4 is 10.0 Å². The summed E-state index contributed by atoms with van der Waals surface area (Å²) in [6.45, 7) is 1.22. The van der Waals surface area contributed by atoms with E-state index in [0.717, 1.165) is 25.7 Å². The summed E-state index contributed by atoms with van der Waals surface area (Å²) in [5, 5.41) is 9.74. The van der Waals surface area contributed by atoms with Crippen molar-refractivity contribution in [2.75, 3.05) is 19.6 Å². The molecule has 128 valence electrons. The van der Waals surface area contributed by atoms with E-state index in [1.807, 2.05) is 4.90 Å². The zero-order chi connectivity index (χ0) is 16.4. The van der Waals surface area contributed by atoms with Crippen LogP contribution in [0.3, 0.4) is 0 Å². The van der Waals surface area contributed by atoms with Crippen LogP contribution in [0.25, 0.3) is 0 Å². The van der Waals surface area contributed by atoms with Gasteiger partial charge in [-0.1, -0.05) is 25.0 Å². The predicted molar refractivity (Wildman–Crippen MR) is 85.9 cm³/mol. The first-order valence-electron chi connectivity index (χ1n) is 8.11. The second kappa shape index (κ2) is 6.84. The molecule has 1 aromatic rings. The van der Waals surface area contributed by atoms with E-state index in [1.165, 1.54) is 12.1 Å². The van der Waals surface area contributed by atoms with Gasteiger partial charge in [0.25, 0.3) is 0 Å². The first kappa shape index (κ1) is 16.8. The highest BCUT2D eigenvalue weighted by Crippen LogP contribution is 2.24. The number of nitrogens with one attached hydrogen (secondary N) is 1. The topological polar surface area (TPSA) is 69.6 Å². The Morgan fingerprint density at radius 1 is 1.22 bits per heavy atom. The first-order chi connectivity index (χ1) is 10.9. The molecule has 3 rings (SSSR count). The average Bonchev–Trinajstić information content (AvgIpc) is 2.94. The summed E-state index contributed by atoms with van der Waals surface area (Å²) >= 11 is 0. The predicted octanol–water partition coefficient (Wildman–Crippen LogP) is 1.41. The van der Waals surface area contributed by atoms with Crippen LogP contribution in [0.15, 0.2) is 24.3 Å². The van der Waals surface area contributed by atoms with Gasteiger partial charge in [0.1, 0.15) is 11.1 Å². The summed E-state index contributed by atoms with van der Waals surface area (Å²) in [5.41, 5.74) is 0.641. The van der Waals surface area contributed by atoms with Crippen LogP contribution in [-0.2, 0) is 10.0 Å². The molecule has 2 fully saturated rings. The van der Waals surface area contributed by atoms with Crippen LogP contribution in [0.5, 0.6) is 0 Å². The molecule has 1 atom stereocenters. The molecule has 2 N–H and O–H groups in total. The second-order valence-corrected chi connectivity index (χ2v) is 8.54. The highest BCUT2D eigenvalue weighted by Gasteiger charge is 2.39. The van der Waals surface area contributed by atoms with E-state index in [0.29, 0.717) is 25.2 Å². The zero-order valence-electron chi connectivity index (χ0n) is 13.0. The minimum absolute atomic E-state index is 0.0962. The van der Waals surface area contributed by atoms with Gasteiger partial charge in [-0.25, -0.2) is 17.5 Å². The van der Waals surface area contributed by atoms with Crippen molar-refractivity contribution in [3.63, 3.8) is 0 Å². The van der Waals surface area contributed by atoms with Crippen LogP contribution >= 0.6 is 0 Å². The van der Waals surface area contributed by atoms with Gasteiger partial charge in [-0.2, -0.15) is 0 Å². The van der Waals surface area contributed by atoms with Gasteiger partial charge in [0.2, 0.25) is 10.0 Å². The maximum absolute atomic E-state index is 12.9. The van der Waals surface area contributed by atoms with Crippen LogP contribution in [0, 0.1) is 5.82 Å². The average molecular weight is 342 g/mol. The van der Waals surface area contributed by atoms with Gasteiger partial charge >= 0.3 is 0 Å². The van der Waals surface area contributed by atoms with Gasteiger partial charge in [-0.15, -0.1) is 0 Å². The van der Waals surface area contributed by atoms with Crippen molar-refractivity contribution in [2.24, 2.45) is 0 Å². The second-order valence-electron chi connectivity index (χ2n) is 6.55. The van der Waals surface area contributed by atoms with Crippen molar-refractivity contribution in [2.45, 2.75) is 43.1 Å². The van der Waals surface area contributed by atoms with Crippen molar-refractivity contribution < 1.29 is 17.9 Å². The molecule has 0 amide bonds. The molecule has 1 aliphatic carbocycles. The smallest absolute Gasteiger partial charge is 0.217 e. The summed E-state index contributed by atoms with van der Waals surface area (Å²) in [5.74, 6) is -0.339. The Kier molecular flexibility index (Phi) is 5.01. The summed E-state index contributed by atoms with van der Waals surface area (Å²) < 4.78 is 40.2. The third-order valence-electron chi connectivity index (χ3n) is 4.73.